The average Bonchev–Trinajstić information content (AvgIpc) is 2.42. The van der Waals surface area contributed by atoms with Gasteiger partial charge >= 0.3 is 0 Å². The van der Waals surface area contributed by atoms with Crippen LogP contribution in [-0.2, 0) is 14.8 Å². The molecule has 1 amide bonds. The van der Waals surface area contributed by atoms with Gasteiger partial charge in [-0.05, 0) is 30.7 Å². The molecule has 1 rings (SSSR count). The lowest BCUT2D eigenvalue weighted by molar-refractivity contribution is -0.118. The molecule has 0 radical (unpaired) electrons. The Morgan fingerprint density at radius 3 is 2.40 bits per heavy atom. The molecule has 0 aliphatic heterocycles. The molecule has 0 saturated carbocycles. The summed E-state index contributed by atoms with van der Waals surface area (Å²) in [5.74, 6) is 0.450. The predicted octanol–water partition coefficient (Wildman–Crippen LogP) is 0.890. The molecule has 0 saturated heterocycles. The van der Waals surface area contributed by atoms with Crippen molar-refractivity contribution in [1.29, 1.82) is 0 Å². The van der Waals surface area contributed by atoms with Crippen molar-refractivity contribution in [2.24, 2.45) is 0 Å². The van der Waals surface area contributed by atoms with Crippen LogP contribution in [-0.4, -0.2) is 34.0 Å². The SMILES string of the molecule is CCCOc1ccc(S(=O)(=O)NCCNC(C)=O)cc1. The minimum Gasteiger partial charge on any atom is -0.494 e. The summed E-state index contributed by atoms with van der Waals surface area (Å²) in [6, 6.07) is 6.23. The summed E-state index contributed by atoms with van der Waals surface area (Å²) in [5, 5.41) is 2.52. The van der Waals surface area contributed by atoms with Gasteiger partial charge in [0.2, 0.25) is 15.9 Å². The van der Waals surface area contributed by atoms with E-state index >= 15 is 0 Å². The smallest absolute Gasteiger partial charge is 0.240 e. The molecule has 0 spiro atoms. The maximum absolute atomic E-state index is 11.9. The van der Waals surface area contributed by atoms with Crippen molar-refractivity contribution in [3.05, 3.63) is 24.3 Å². The van der Waals surface area contributed by atoms with E-state index in [1.54, 1.807) is 12.1 Å². The Morgan fingerprint density at radius 2 is 1.85 bits per heavy atom. The quantitative estimate of drug-likeness (QED) is 0.698. The van der Waals surface area contributed by atoms with Crippen LogP contribution >= 0.6 is 0 Å². The molecule has 20 heavy (non-hydrogen) atoms. The Morgan fingerprint density at radius 1 is 1.20 bits per heavy atom. The summed E-state index contributed by atoms with van der Waals surface area (Å²) in [7, 11) is -3.55. The molecule has 6 nitrogen and oxygen atoms in total. The largest absolute Gasteiger partial charge is 0.494 e. The van der Waals surface area contributed by atoms with E-state index in [0.29, 0.717) is 12.4 Å². The maximum atomic E-state index is 11.9. The molecule has 0 unspecified atom stereocenters. The van der Waals surface area contributed by atoms with Crippen LogP contribution < -0.4 is 14.8 Å². The van der Waals surface area contributed by atoms with E-state index in [-0.39, 0.29) is 23.9 Å². The number of nitrogens with one attached hydrogen (secondary N) is 2. The van der Waals surface area contributed by atoms with E-state index in [9.17, 15) is 13.2 Å². The first-order valence-corrected chi connectivity index (χ1v) is 7.91. The second-order valence-corrected chi connectivity index (χ2v) is 5.97. The Labute approximate surface area is 119 Å². The van der Waals surface area contributed by atoms with Crippen molar-refractivity contribution in [3.8, 4) is 5.75 Å². The van der Waals surface area contributed by atoms with Crippen molar-refractivity contribution < 1.29 is 17.9 Å². The third-order valence-corrected chi connectivity index (χ3v) is 3.87. The lowest BCUT2D eigenvalue weighted by Gasteiger charge is -2.08. The van der Waals surface area contributed by atoms with Crippen LogP contribution in [0.5, 0.6) is 5.75 Å². The minimum absolute atomic E-state index is 0.149. The number of carbonyl (C=O) groups is 1. The second-order valence-electron chi connectivity index (χ2n) is 4.20. The zero-order valence-corrected chi connectivity index (χ0v) is 12.5. The van der Waals surface area contributed by atoms with Crippen LogP contribution in [0.15, 0.2) is 29.2 Å². The van der Waals surface area contributed by atoms with Gasteiger partial charge in [-0.15, -0.1) is 0 Å². The number of sulfonamides is 1. The van der Waals surface area contributed by atoms with Gasteiger partial charge in [-0.1, -0.05) is 6.92 Å². The number of rotatable bonds is 8. The van der Waals surface area contributed by atoms with E-state index in [0.717, 1.165) is 6.42 Å². The fraction of sp³-hybridized carbons (Fsp3) is 0.462. The molecule has 0 bridgehead atoms. The van der Waals surface area contributed by atoms with E-state index in [4.69, 9.17) is 4.74 Å². The molecule has 0 atom stereocenters. The van der Waals surface area contributed by atoms with E-state index in [1.165, 1.54) is 19.1 Å². The molecule has 0 fully saturated rings. The first kappa shape index (κ1) is 16.5. The van der Waals surface area contributed by atoms with Crippen LogP contribution in [0.4, 0.5) is 0 Å². The zero-order valence-electron chi connectivity index (χ0n) is 11.7. The van der Waals surface area contributed by atoms with Crippen molar-refractivity contribution in [2.75, 3.05) is 19.7 Å². The summed E-state index contributed by atoms with van der Waals surface area (Å²) in [6.07, 6.45) is 0.894. The number of benzene rings is 1. The molecular weight excluding hydrogens is 280 g/mol. The maximum Gasteiger partial charge on any atom is 0.240 e. The van der Waals surface area contributed by atoms with Crippen LogP contribution in [0, 0.1) is 0 Å². The van der Waals surface area contributed by atoms with E-state index < -0.39 is 10.0 Å². The van der Waals surface area contributed by atoms with Gasteiger partial charge in [-0.3, -0.25) is 4.79 Å². The number of amides is 1. The third kappa shape index (κ3) is 5.58. The molecule has 1 aromatic carbocycles. The van der Waals surface area contributed by atoms with Crippen LogP contribution in [0.25, 0.3) is 0 Å². The third-order valence-electron chi connectivity index (χ3n) is 2.40. The number of hydrogen-bond acceptors (Lipinski definition) is 4. The first-order chi connectivity index (χ1) is 9.45. The van der Waals surface area contributed by atoms with Crippen LogP contribution in [0.1, 0.15) is 20.3 Å². The van der Waals surface area contributed by atoms with Gasteiger partial charge in [0.1, 0.15) is 5.75 Å². The van der Waals surface area contributed by atoms with Crippen molar-refractivity contribution in [1.82, 2.24) is 10.0 Å². The summed E-state index contributed by atoms with van der Waals surface area (Å²) >= 11 is 0. The monoisotopic (exact) mass is 300 g/mol. The summed E-state index contributed by atoms with van der Waals surface area (Å²) in [6.45, 7) is 4.38. The van der Waals surface area contributed by atoms with Gasteiger partial charge in [0.05, 0.1) is 11.5 Å². The first-order valence-electron chi connectivity index (χ1n) is 6.42. The summed E-state index contributed by atoms with van der Waals surface area (Å²) < 4.78 is 31.7. The fourth-order valence-corrected chi connectivity index (χ4v) is 2.47. The highest BCUT2D eigenvalue weighted by Gasteiger charge is 2.13. The van der Waals surface area contributed by atoms with Crippen LogP contribution in [0.3, 0.4) is 0 Å². The molecule has 0 aromatic heterocycles. The van der Waals surface area contributed by atoms with Crippen LogP contribution in [0.2, 0.25) is 0 Å². The normalized spacial score (nSPS) is 11.1. The number of ether oxygens (including phenoxy) is 1. The molecule has 0 heterocycles. The van der Waals surface area contributed by atoms with Gasteiger partial charge in [-0.25, -0.2) is 13.1 Å². The van der Waals surface area contributed by atoms with Crippen molar-refractivity contribution in [2.45, 2.75) is 25.2 Å². The summed E-state index contributed by atoms with van der Waals surface area (Å²) in [4.78, 5) is 10.8. The lowest BCUT2D eigenvalue weighted by Crippen LogP contribution is -2.33. The van der Waals surface area contributed by atoms with Gasteiger partial charge in [0.25, 0.3) is 0 Å². The van der Waals surface area contributed by atoms with Gasteiger partial charge < -0.3 is 10.1 Å². The van der Waals surface area contributed by atoms with E-state index in [1.807, 2.05) is 6.92 Å². The molecular formula is C13H20N2O4S. The Bertz CT molecular complexity index is 526. The molecule has 2 N–H and O–H groups in total. The molecule has 7 heteroatoms. The van der Waals surface area contributed by atoms with E-state index in [2.05, 4.69) is 10.0 Å². The van der Waals surface area contributed by atoms with Crippen molar-refractivity contribution >= 4 is 15.9 Å². The zero-order chi connectivity index (χ0) is 15.0. The molecule has 0 aliphatic carbocycles. The molecule has 112 valence electrons. The highest BCUT2D eigenvalue weighted by molar-refractivity contribution is 7.89. The Balaban J connectivity index is 2.56. The molecule has 0 aliphatic rings. The topological polar surface area (TPSA) is 84.5 Å². The average molecular weight is 300 g/mol. The number of hydrogen-bond donors (Lipinski definition) is 2. The predicted molar refractivity (Wildman–Crippen MR) is 76.1 cm³/mol. The van der Waals surface area contributed by atoms with Gasteiger partial charge in [0, 0.05) is 20.0 Å². The van der Waals surface area contributed by atoms with Gasteiger partial charge in [-0.2, -0.15) is 0 Å². The molecule has 1 aromatic rings. The highest BCUT2D eigenvalue weighted by atomic mass is 32.2. The van der Waals surface area contributed by atoms with Gasteiger partial charge in [0.15, 0.2) is 0 Å². The minimum atomic E-state index is -3.55. The fourth-order valence-electron chi connectivity index (χ4n) is 1.44. The Hall–Kier alpha value is -1.60. The summed E-state index contributed by atoms with van der Waals surface area (Å²) in [5.41, 5.74) is 0. The van der Waals surface area contributed by atoms with Crippen molar-refractivity contribution in [3.63, 3.8) is 0 Å². The number of carbonyl (C=O) groups excluding carboxylic acids is 1. The standard InChI is InChI=1S/C13H20N2O4S/c1-3-10-19-12-4-6-13(7-5-12)20(17,18)15-9-8-14-11(2)16/h4-7,15H,3,8-10H2,1-2H3,(H,14,16). The second kappa shape index (κ2) is 7.86. The Kier molecular flexibility index (Phi) is 6.47. The highest BCUT2D eigenvalue weighted by Crippen LogP contribution is 2.15. The lowest BCUT2D eigenvalue weighted by atomic mass is 10.3.